The Hall–Kier alpha value is -1.53. The third-order valence-corrected chi connectivity index (χ3v) is 2.58. The van der Waals surface area contributed by atoms with E-state index >= 15 is 0 Å². The number of alkyl halides is 1. The van der Waals surface area contributed by atoms with Gasteiger partial charge in [-0.3, -0.25) is 0 Å². The summed E-state index contributed by atoms with van der Waals surface area (Å²) in [5.74, 6) is -0.154. The van der Waals surface area contributed by atoms with Crippen molar-refractivity contribution in [2.75, 3.05) is 6.61 Å². The monoisotopic (exact) mass is 237 g/mol. The van der Waals surface area contributed by atoms with Crippen LogP contribution in [0.5, 0.6) is 0 Å². The maximum absolute atomic E-state index is 11.5. The molecule has 1 rings (SSSR count). The molecule has 0 fully saturated rings. The summed E-state index contributed by atoms with van der Waals surface area (Å²) in [6, 6.07) is 5.24. The number of esters is 1. The van der Waals surface area contributed by atoms with Crippen molar-refractivity contribution in [1.82, 2.24) is 0 Å². The number of nitriles is 1. The molecule has 0 radical (unpaired) electrons. The van der Waals surface area contributed by atoms with E-state index in [9.17, 15) is 4.79 Å². The van der Waals surface area contributed by atoms with Crippen molar-refractivity contribution in [2.24, 2.45) is 0 Å². The Balaban J connectivity index is 3.23. The number of hydrogen-bond donors (Lipinski definition) is 0. The summed E-state index contributed by atoms with van der Waals surface area (Å²) in [4.78, 5) is 11.5. The van der Waals surface area contributed by atoms with Gasteiger partial charge in [-0.25, -0.2) is 4.79 Å². The van der Waals surface area contributed by atoms with E-state index in [0.717, 1.165) is 11.1 Å². The molecule has 0 aliphatic carbocycles. The number of hydrogen-bond acceptors (Lipinski definition) is 3. The van der Waals surface area contributed by atoms with E-state index in [2.05, 4.69) is 0 Å². The highest BCUT2D eigenvalue weighted by molar-refractivity contribution is 6.17. The smallest absolute Gasteiger partial charge is 0.338 e. The highest BCUT2D eigenvalue weighted by Gasteiger charge is 2.12. The van der Waals surface area contributed by atoms with Crippen LogP contribution in [0, 0.1) is 18.3 Å². The molecule has 0 amide bonds. The van der Waals surface area contributed by atoms with E-state index in [0.29, 0.717) is 17.7 Å². The third-order valence-electron chi connectivity index (χ3n) is 2.29. The lowest BCUT2D eigenvalue weighted by Crippen LogP contribution is -2.06. The average molecular weight is 238 g/mol. The van der Waals surface area contributed by atoms with Crippen molar-refractivity contribution in [3.05, 3.63) is 34.4 Å². The van der Waals surface area contributed by atoms with Gasteiger partial charge in [-0.05, 0) is 37.1 Å². The van der Waals surface area contributed by atoms with Gasteiger partial charge in [0.1, 0.15) is 0 Å². The number of halogens is 1. The lowest BCUT2D eigenvalue weighted by atomic mass is 10.0. The van der Waals surface area contributed by atoms with E-state index in [4.69, 9.17) is 21.6 Å². The van der Waals surface area contributed by atoms with Gasteiger partial charge in [0.15, 0.2) is 0 Å². The minimum Gasteiger partial charge on any atom is -0.462 e. The van der Waals surface area contributed by atoms with E-state index in [1.54, 1.807) is 13.0 Å². The highest BCUT2D eigenvalue weighted by Crippen LogP contribution is 2.19. The van der Waals surface area contributed by atoms with Crippen molar-refractivity contribution in [1.29, 1.82) is 5.26 Å². The third kappa shape index (κ3) is 2.53. The van der Waals surface area contributed by atoms with Crippen molar-refractivity contribution in [3.8, 4) is 6.07 Å². The van der Waals surface area contributed by atoms with Gasteiger partial charge in [0, 0.05) is 5.88 Å². The second-order valence-corrected chi connectivity index (χ2v) is 3.54. The Labute approximate surface area is 99.6 Å². The molecule has 1 aromatic carbocycles. The zero-order chi connectivity index (χ0) is 12.1. The van der Waals surface area contributed by atoms with E-state index in [1.165, 1.54) is 6.07 Å². The molecule has 16 heavy (non-hydrogen) atoms. The molecule has 4 heteroatoms. The first kappa shape index (κ1) is 12.5. The van der Waals surface area contributed by atoms with Crippen molar-refractivity contribution < 1.29 is 9.53 Å². The van der Waals surface area contributed by atoms with Gasteiger partial charge < -0.3 is 4.74 Å². The lowest BCUT2D eigenvalue weighted by Gasteiger charge is -2.08. The Kier molecular flexibility index (Phi) is 4.33. The van der Waals surface area contributed by atoms with Crippen LogP contribution in [0.25, 0.3) is 0 Å². The Morgan fingerprint density at radius 1 is 1.56 bits per heavy atom. The van der Waals surface area contributed by atoms with Crippen LogP contribution in [-0.4, -0.2) is 12.6 Å². The minimum absolute atomic E-state index is 0.272. The summed E-state index contributed by atoms with van der Waals surface area (Å²) in [6.45, 7) is 3.86. The molecule has 0 aliphatic heterocycles. The van der Waals surface area contributed by atoms with Gasteiger partial charge in [-0.2, -0.15) is 5.26 Å². The Morgan fingerprint density at radius 2 is 2.25 bits per heavy atom. The summed E-state index contributed by atoms with van der Waals surface area (Å²) < 4.78 is 4.88. The quantitative estimate of drug-likeness (QED) is 0.600. The maximum Gasteiger partial charge on any atom is 0.338 e. The SMILES string of the molecule is CCOC(=O)c1cc(C#N)c(C)c(CCl)c1. The molecule has 0 aromatic heterocycles. The van der Waals surface area contributed by atoms with Gasteiger partial charge in [0.05, 0.1) is 23.8 Å². The van der Waals surface area contributed by atoms with Crippen LogP contribution in [0.2, 0.25) is 0 Å². The molecule has 0 unspecified atom stereocenters. The molecular weight excluding hydrogens is 226 g/mol. The van der Waals surface area contributed by atoms with Crippen LogP contribution in [0.1, 0.15) is 34.0 Å². The number of carbonyl (C=O) groups excluding carboxylic acids is 1. The number of nitrogens with zero attached hydrogens (tertiary/aromatic N) is 1. The van der Waals surface area contributed by atoms with Gasteiger partial charge >= 0.3 is 5.97 Å². The molecule has 0 heterocycles. The summed E-state index contributed by atoms with van der Waals surface area (Å²) in [7, 11) is 0. The first-order valence-electron chi connectivity index (χ1n) is 4.90. The number of carbonyl (C=O) groups is 1. The van der Waals surface area contributed by atoms with Gasteiger partial charge in [-0.15, -0.1) is 11.6 Å². The first-order valence-corrected chi connectivity index (χ1v) is 5.44. The van der Waals surface area contributed by atoms with Gasteiger partial charge in [-0.1, -0.05) is 0 Å². The average Bonchev–Trinajstić information content (AvgIpc) is 2.29. The molecule has 3 nitrogen and oxygen atoms in total. The molecule has 0 aliphatic rings. The molecule has 0 spiro atoms. The fourth-order valence-corrected chi connectivity index (χ4v) is 1.64. The molecular formula is C12H12ClNO2. The Bertz CT molecular complexity index is 449. The lowest BCUT2D eigenvalue weighted by molar-refractivity contribution is 0.0526. The maximum atomic E-state index is 11.5. The second kappa shape index (κ2) is 5.53. The van der Waals surface area contributed by atoms with Gasteiger partial charge in [0.25, 0.3) is 0 Å². The zero-order valence-electron chi connectivity index (χ0n) is 9.21. The fraction of sp³-hybridized carbons (Fsp3) is 0.333. The van der Waals surface area contributed by atoms with E-state index in [-0.39, 0.29) is 5.88 Å². The van der Waals surface area contributed by atoms with Crippen molar-refractivity contribution in [3.63, 3.8) is 0 Å². The highest BCUT2D eigenvalue weighted by atomic mass is 35.5. The predicted octanol–water partition coefficient (Wildman–Crippen LogP) is 2.78. The number of ether oxygens (including phenoxy) is 1. The summed E-state index contributed by atoms with van der Waals surface area (Å²) in [6.07, 6.45) is 0. The number of rotatable bonds is 3. The molecule has 0 N–H and O–H groups in total. The van der Waals surface area contributed by atoms with Crippen LogP contribution < -0.4 is 0 Å². The standard InChI is InChI=1S/C12H12ClNO2/c1-3-16-12(15)9-4-10(6-13)8(2)11(5-9)7-14/h4-5H,3,6H2,1-2H3. The summed E-state index contributed by atoms with van der Waals surface area (Å²) in [5, 5.41) is 8.93. The summed E-state index contributed by atoms with van der Waals surface area (Å²) in [5.41, 5.74) is 2.43. The van der Waals surface area contributed by atoms with Crippen molar-refractivity contribution >= 4 is 17.6 Å². The Morgan fingerprint density at radius 3 is 2.75 bits per heavy atom. The molecule has 84 valence electrons. The van der Waals surface area contributed by atoms with Crippen LogP contribution in [-0.2, 0) is 10.6 Å². The number of benzene rings is 1. The van der Waals surface area contributed by atoms with Crippen LogP contribution in [0.3, 0.4) is 0 Å². The largest absolute Gasteiger partial charge is 0.462 e. The first-order chi connectivity index (χ1) is 7.63. The van der Waals surface area contributed by atoms with Crippen molar-refractivity contribution in [2.45, 2.75) is 19.7 Å². The molecule has 0 saturated carbocycles. The predicted molar refractivity (Wildman–Crippen MR) is 61.4 cm³/mol. The fourth-order valence-electron chi connectivity index (χ4n) is 1.36. The molecule has 0 bridgehead atoms. The van der Waals surface area contributed by atoms with Crippen LogP contribution >= 0.6 is 11.6 Å². The van der Waals surface area contributed by atoms with E-state index in [1.807, 2.05) is 13.0 Å². The zero-order valence-corrected chi connectivity index (χ0v) is 9.97. The molecule has 0 saturated heterocycles. The molecule has 1 aromatic rings. The topological polar surface area (TPSA) is 50.1 Å². The minimum atomic E-state index is -0.426. The van der Waals surface area contributed by atoms with Crippen LogP contribution in [0.4, 0.5) is 0 Å². The second-order valence-electron chi connectivity index (χ2n) is 3.27. The molecule has 0 atom stereocenters. The van der Waals surface area contributed by atoms with Crippen LogP contribution in [0.15, 0.2) is 12.1 Å². The van der Waals surface area contributed by atoms with E-state index < -0.39 is 5.97 Å². The van der Waals surface area contributed by atoms with Gasteiger partial charge in [0.2, 0.25) is 0 Å². The normalized spacial score (nSPS) is 9.62. The summed E-state index contributed by atoms with van der Waals surface area (Å²) >= 11 is 5.75.